The van der Waals surface area contributed by atoms with Crippen molar-refractivity contribution in [3.63, 3.8) is 0 Å². The number of ether oxygens (including phenoxy) is 1. The molecule has 9 heteroatoms. The van der Waals surface area contributed by atoms with Gasteiger partial charge in [-0.2, -0.15) is 0 Å². The largest absolute Gasteiger partial charge is 0.383 e. The van der Waals surface area contributed by atoms with Crippen molar-refractivity contribution in [1.82, 2.24) is 25.4 Å². The Morgan fingerprint density at radius 1 is 1.30 bits per heavy atom. The number of aryl methyl sites for hydroxylation is 1. The van der Waals surface area contributed by atoms with E-state index in [9.17, 15) is 9.59 Å². The molecular formula is C18H25N5O3S. The number of methoxy groups -OCH3 is 1. The van der Waals surface area contributed by atoms with E-state index in [-0.39, 0.29) is 11.7 Å². The van der Waals surface area contributed by atoms with Gasteiger partial charge in [0.25, 0.3) is 0 Å². The molecule has 0 aliphatic heterocycles. The summed E-state index contributed by atoms with van der Waals surface area (Å²) in [6.07, 6.45) is 0.806. The minimum Gasteiger partial charge on any atom is -0.383 e. The lowest BCUT2D eigenvalue weighted by Gasteiger charge is -2.10. The number of nitrogens with zero attached hydrogens (tertiary/aromatic N) is 3. The van der Waals surface area contributed by atoms with Crippen molar-refractivity contribution < 1.29 is 14.3 Å². The molecule has 0 saturated heterocycles. The highest BCUT2D eigenvalue weighted by molar-refractivity contribution is 7.99. The summed E-state index contributed by atoms with van der Waals surface area (Å²) < 4.78 is 7.11. The number of thioether (sulfide) groups is 1. The molecule has 0 unspecified atom stereocenters. The number of rotatable bonds is 9. The van der Waals surface area contributed by atoms with Gasteiger partial charge in [-0.15, -0.1) is 10.2 Å². The number of nitrogens with one attached hydrogen (secondary N) is 2. The minimum atomic E-state index is -0.483. The van der Waals surface area contributed by atoms with Gasteiger partial charge >= 0.3 is 6.03 Å². The summed E-state index contributed by atoms with van der Waals surface area (Å²) in [7, 11) is 1.63. The maximum absolute atomic E-state index is 12.0. The summed E-state index contributed by atoms with van der Waals surface area (Å²) in [5.74, 6) is 0.407. The Morgan fingerprint density at radius 2 is 2.11 bits per heavy atom. The lowest BCUT2D eigenvalue weighted by Crippen LogP contribution is -2.40. The van der Waals surface area contributed by atoms with E-state index in [4.69, 9.17) is 4.74 Å². The number of carbonyl (C=O) groups excluding carboxylic acids is 2. The third kappa shape index (κ3) is 6.37. The Labute approximate surface area is 163 Å². The first kappa shape index (κ1) is 20.9. The van der Waals surface area contributed by atoms with Crippen LogP contribution in [-0.4, -0.2) is 52.7 Å². The van der Waals surface area contributed by atoms with Gasteiger partial charge < -0.3 is 10.1 Å². The summed E-state index contributed by atoms with van der Waals surface area (Å²) in [5.41, 5.74) is 2.08. The second-order valence-corrected chi connectivity index (χ2v) is 6.86. The molecule has 1 heterocycles. The third-order valence-corrected chi connectivity index (χ3v) is 4.60. The van der Waals surface area contributed by atoms with Gasteiger partial charge in [0.2, 0.25) is 5.91 Å². The highest BCUT2D eigenvalue weighted by Gasteiger charge is 2.16. The molecule has 8 nitrogen and oxygen atoms in total. The molecule has 0 radical (unpaired) electrons. The first-order valence-corrected chi connectivity index (χ1v) is 9.73. The van der Waals surface area contributed by atoms with Crippen molar-refractivity contribution in [2.24, 2.45) is 0 Å². The predicted molar refractivity (Wildman–Crippen MR) is 105 cm³/mol. The summed E-state index contributed by atoms with van der Waals surface area (Å²) in [6, 6.07) is 7.51. The van der Waals surface area contributed by atoms with Crippen LogP contribution in [0.2, 0.25) is 0 Å². The Bertz CT molecular complexity index is 778. The number of hydrogen-bond donors (Lipinski definition) is 2. The van der Waals surface area contributed by atoms with Crippen molar-refractivity contribution >= 4 is 23.7 Å². The van der Waals surface area contributed by atoms with Gasteiger partial charge in [-0.1, -0.05) is 42.4 Å². The minimum absolute atomic E-state index is 0.0679. The van der Waals surface area contributed by atoms with Gasteiger partial charge in [0.1, 0.15) is 0 Å². The fraction of sp³-hybridized carbons (Fsp3) is 0.444. The number of aromatic nitrogens is 3. The van der Waals surface area contributed by atoms with Gasteiger partial charge in [-0.25, -0.2) is 4.79 Å². The zero-order valence-corrected chi connectivity index (χ0v) is 16.6. The van der Waals surface area contributed by atoms with E-state index < -0.39 is 6.03 Å². The summed E-state index contributed by atoms with van der Waals surface area (Å²) in [5, 5.41) is 14.0. The molecule has 0 bridgehead atoms. The number of benzene rings is 1. The standard InChI is InChI=1S/C18H25N5O3S/c1-4-8-19-17(25)20-15(24)12-27-18-22-21-16(23(18)9-10-26-3)14-7-5-6-13(2)11-14/h5-7,11H,4,8-10,12H2,1-3H3,(H2,19,20,24,25). The summed E-state index contributed by atoms with van der Waals surface area (Å²) in [4.78, 5) is 23.5. The molecule has 1 aromatic carbocycles. The smallest absolute Gasteiger partial charge is 0.321 e. The molecule has 2 N–H and O–H groups in total. The van der Waals surface area contributed by atoms with Crippen LogP contribution in [-0.2, 0) is 16.1 Å². The maximum Gasteiger partial charge on any atom is 0.321 e. The topological polar surface area (TPSA) is 98.1 Å². The van der Waals surface area contributed by atoms with Gasteiger partial charge in [0.15, 0.2) is 11.0 Å². The van der Waals surface area contributed by atoms with Crippen LogP contribution in [0.15, 0.2) is 29.4 Å². The number of imide groups is 1. The maximum atomic E-state index is 12.0. The number of amides is 3. The molecule has 0 atom stereocenters. The fourth-order valence-corrected chi connectivity index (χ4v) is 3.12. The van der Waals surface area contributed by atoms with E-state index in [0.29, 0.717) is 24.9 Å². The van der Waals surface area contributed by atoms with Crippen LogP contribution in [0.3, 0.4) is 0 Å². The Hall–Kier alpha value is -2.39. The highest BCUT2D eigenvalue weighted by atomic mass is 32.2. The molecule has 1 aromatic heterocycles. The first-order valence-electron chi connectivity index (χ1n) is 8.74. The first-order chi connectivity index (χ1) is 13.0. The van der Waals surface area contributed by atoms with Crippen molar-refractivity contribution in [1.29, 1.82) is 0 Å². The lowest BCUT2D eigenvalue weighted by molar-refractivity contribution is -0.117. The highest BCUT2D eigenvalue weighted by Crippen LogP contribution is 2.24. The molecule has 27 heavy (non-hydrogen) atoms. The van der Waals surface area contributed by atoms with Crippen LogP contribution in [0.25, 0.3) is 11.4 Å². The predicted octanol–water partition coefficient (Wildman–Crippen LogP) is 2.23. The van der Waals surface area contributed by atoms with E-state index in [2.05, 4.69) is 20.8 Å². The normalized spacial score (nSPS) is 10.6. The third-order valence-electron chi connectivity index (χ3n) is 3.63. The van der Waals surface area contributed by atoms with E-state index >= 15 is 0 Å². The van der Waals surface area contributed by atoms with Gasteiger partial charge in [0, 0.05) is 19.2 Å². The number of carbonyl (C=O) groups is 2. The summed E-state index contributed by atoms with van der Waals surface area (Å²) in [6.45, 7) is 5.54. The van der Waals surface area contributed by atoms with Crippen LogP contribution in [0.5, 0.6) is 0 Å². The average Bonchev–Trinajstić information content (AvgIpc) is 3.05. The van der Waals surface area contributed by atoms with Crippen LogP contribution < -0.4 is 10.6 Å². The van der Waals surface area contributed by atoms with E-state index in [1.807, 2.05) is 42.7 Å². The Balaban J connectivity index is 2.08. The molecule has 2 aromatic rings. The molecule has 2 rings (SSSR count). The van der Waals surface area contributed by atoms with Crippen molar-refractivity contribution in [3.8, 4) is 11.4 Å². The van der Waals surface area contributed by atoms with Crippen molar-refractivity contribution in [2.45, 2.75) is 32.0 Å². The number of hydrogen-bond acceptors (Lipinski definition) is 6. The summed E-state index contributed by atoms with van der Waals surface area (Å²) >= 11 is 1.23. The van der Waals surface area contributed by atoms with Crippen molar-refractivity contribution in [3.05, 3.63) is 29.8 Å². The van der Waals surface area contributed by atoms with Crippen LogP contribution in [0, 0.1) is 6.92 Å². The fourth-order valence-electron chi connectivity index (χ4n) is 2.35. The lowest BCUT2D eigenvalue weighted by atomic mass is 10.1. The van der Waals surface area contributed by atoms with Crippen LogP contribution in [0.4, 0.5) is 4.79 Å². The molecule has 0 aliphatic carbocycles. The molecular weight excluding hydrogens is 366 g/mol. The second-order valence-electron chi connectivity index (χ2n) is 5.91. The van der Waals surface area contributed by atoms with E-state index in [1.54, 1.807) is 7.11 Å². The molecule has 0 aliphatic rings. The van der Waals surface area contributed by atoms with Gasteiger partial charge in [0.05, 0.1) is 18.9 Å². The second kappa shape index (κ2) is 10.7. The van der Waals surface area contributed by atoms with Gasteiger partial charge in [-0.05, 0) is 19.4 Å². The van der Waals surface area contributed by atoms with Gasteiger partial charge in [-0.3, -0.25) is 14.7 Å². The average molecular weight is 391 g/mol. The Morgan fingerprint density at radius 3 is 2.81 bits per heavy atom. The van der Waals surface area contributed by atoms with Crippen LogP contribution in [0.1, 0.15) is 18.9 Å². The molecule has 0 spiro atoms. The van der Waals surface area contributed by atoms with E-state index in [0.717, 1.165) is 23.4 Å². The molecule has 0 fully saturated rings. The molecule has 3 amide bonds. The quantitative estimate of drug-likeness (QED) is 0.636. The Kier molecular flexibility index (Phi) is 8.28. The molecule has 0 saturated carbocycles. The van der Waals surface area contributed by atoms with Crippen molar-refractivity contribution in [2.75, 3.05) is 26.0 Å². The zero-order chi connectivity index (χ0) is 19.6. The monoisotopic (exact) mass is 391 g/mol. The van der Waals surface area contributed by atoms with Crippen LogP contribution >= 0.6 is 11.8 Å². The van der Waals surface area contributed by atoms with E-state index in [1.165, 1.54) is 11.8 Å². The molecule has 146 valence electrons. The SMILES string of the molecule is CCCNC(=O)NC(=O)CSc1nnc(-c2cccc(C)c2)n1CCOC. The zero-order valence-electron chi connectivity index (χ0n) is 15.8. The number of urea groups is 1.